The molecule has 25 heteroatoms. The Balaban J connectivity index is 0.000000298. The van der Waals surface area contributed by atoms with E-state index < -0.39 is 48.0 Å². The topological polar surface area (TPSA) is 242 Å². The fourth-order valence-electron chi connectivity index (χ4n) is 6.41. The van der Waals surface area contributed by atoms with Crippen LogP contribution in [0.3, 0.4) is 0 Å². The number of carbonyl (C=O) groups excluding carboxylic acids is 2. The van der Waals surface area contributed by atoms with Crippen LogP contribution in [0.15, 0.2) is 97.3 Å². The summed E-state index contributed by atoms with van der Waals surface area (Å²) in [6, 6.07) is 16.4. The number of nitrogens with zero attached hydrogens (tertiary/aromatic N) is 4. The van der Waals surface area contributed by atoms with Gasteiger partial charge in [0.2, 0.25) is 0 Å². The van der Waals surface area contributed by atoms with Gasteiger partial charge in [-0.05, 0) is 97.6 Å². The maximum atomic E-state index is 12.5. The second-order valence-corrected chi connectivity index (χ2v) is 16.7. The van der Waals surface area contributed by atoms with Crippen LogP contribution in [-0.2, 0) is 32.7 Å². The van der Waals surface area contributed by atoms with Gasteiger partial charge in [0.15, 0.2) is 0 Å². The summed E-state index contributed by atoms with van der Waals surface area (Å²) in [5.74, 6) is -0.360. The molecule has 3 amide bonds. The van der Waals surface area contributed by atoms with Gasteiger partial charge < -0.3 is 45.4 Å². The monoisotopic (exact) mass is 1160 g/mol. The molecule has 17 nitrogen and oxygen atoms in total. The number of alkyl halides is 3. The number of hydrogen-bond donors (Lipinski definition) is 7. The molecule has 72 heavy (non-hydrogen) atoms. The number of benzene rings is 3. The molecule has 2 aromatic heterocycles. The van der Waals surface area contributed by atoms with Crippen molar-refractivity contribution in [2.75, 3.05) is 50.0 Å². The molecule has 0 spiro atoms. The van der Waals surface area contributed by atoms with Gasteiger partial charge >= 0.3 is 18.5 Å². The summed E-state index contributed by atoms with van der Waals surface area (Å²) in [5.41, 5.74) is 5.69. The van der Waals surface area contributed by atoms with Crippen molar-refractivity contribution in [2.24, 2.45) is 0 Å². The van der Waals surface area contributed by atoms with Gasteiger partial charge in [0, 0.05) is 104 Å². The van der Waals surface area contributed by atoms with E-state index in [1.807, 2.05) is 6.92 Å². The van der Waals surface area contributed by atoms with Crippen molar-refractivity contribution in [3.05, 3.63) is 156 Å². The molecular weight excluding hydrogens is 1110 g/mol. The minimum atomic E-state index is -4.87. The van der Waals surface area contributed by atoms with E-state index in [0.717, 1.165) is 54.0 Å². The number of halogens is 7. The standard InChI is InChI=1S/C20H18Cl2F3N3O4.C14H11ClN2O4.C12H15ClN2O2.CH4.Y/c21-14-8-13(1-2-17(14)32-20(23,24)25)27-19(31)28-5-3-11(4-6-28)18-15(22)7-12(9-26-18)16(30)10-29;1-9-2-3-10(8-13(9)15)16-14(18)21-12-6-4-11(5-7-12)17(19)20;13-10-5-9(11(17)7-16)6-15-12(10)8-1-3-14-4-2-8;;/h1-3,7-9,16,29-30H,4-6,10H2,(H,27,31);2-8H,1H3,(H,16,18);1,5-6,11,14,16-17H,2-4,7H2;1H4;/t16-;;11-;;/m1.1../s1. The van der Waals surface area contributed by atoms with E-state index >= 15 is 0 Å². The van der Waals surface area contributed by atoms with Gasteiger partial charge in [0.1, 0.15) is 23.7 Å². The molecule has 0 saturated heterocycles. The molecule has 0 unspecified atom stereocenters. The van der Waals surface area contributed by atoms with Crippen LogP contribution >= 0.6 is 46.4 Å². The molecule has 0 aliphatic carbocycles. The number of hydrogen-bond acceptors (Lipinski definition) is 13. The van der Waals surface area contributed by atoms with Crippen molar-refractivity contribution in [3.63, 3.8) is 0 Å². The summed E-state index contributed by atoms with van der Waals surface area (Å²) >= 11 is 24.1. The van der Waals surface area contributed by atoms with Crippen LogP contribution in [0.1, 0.15) is 60.6 Å². The number of ether oxygens (including phenoxy) is 2. The van der Waals surface area contributed by atoms with E-state index in [9.17, 15) is 43.1 Å². The SMILES string of the molecule is C.Cc1ccc(NC(=O)Oc2ccc([N+](=O)[O-])cc2)cc1Cl.O=C(Nc1ccc(OC(F)(F)F)c(Cl)c1)N1CC=C(c2ncc([C@H](O)CO)cc2Cl)CC1.OC[C@@H](O)c1cnc(C2=CCNCC2)c(Cl)c1.[Y]. The van der Waals surface area contributed by atoms with Crippen molar-refractivity contribution in [1.82, 2.24) is 20.2 Å². The van der Waals surface area contributed by atoms with Gasteiger partial charge in [0.05, 0.1) is 44.6 Å². The van der Waals surface area contributed by atoms with Gasteiger partial charge in [-0.25, -0.2) is 9.59 Å². The number of non-ortho nitro benzene ring substituents is 1. The van der Waals surface area contributed by atoms with E-state index in [1.165, 1.54) is 47.5 Å². The summed E-state index contributed by atoms with van der Waals surface area (Å²) in [6.07, 6.45) is 0.629. The second kappa shape index (κ2) is 29.1. The summed E-state index contributed by atoms with van der Waals surface area (Å²) in [4.78, 5) is 44.2. The maximum absolute atomic E-state index is 12.5. The number of nitro benzene ring substituents is 1. The van der Waals surface area contributed by atoms with Gasteiger partial charge in [-0.2, -0.15) is 0 Å². The molecule has 0 saturated carbocycles. The second-order valence-electron chi connectivity index (χ2n) is 15.1. The van der Waals surface area contributed by atoms with E-state index in [2.05, 4.69) is 36.7 Å². The average molecular weight is 1160 g/mol. The number of nitrogens with one attached hydrogen (secondary N) is 3. The van der Waals surface area contributed by atoms with Crippen LogP contribution in [0.4, 0.5) is 39.8 Å². The Morgan fingerprint density at radius 1 is 0.819 bits per heavy atom. The molecule has 383 valence electrons. The van der Waals surface area contributed by atoms with Crippen LogP contribution in [0.2, 0.25) is 20.1 Å². The van der Waals surface area contributed by atoms with E-state index in [-0.39, 0.29) is 75.4 Å². The maximum Gasteiger partial charge on any atom is 0.573 e. The third-order valence-electron chi connectivity index (χ3n) is 10.1. The fourth-order valence-corrected chi connectivity index (χ4v) is 7.40. The summed E-state index contributed by atoms with van der Waals surface area (Å²) < 4.78 is 45.8. The van der Waals surface area contributed by atoms with E-state index in [1.54, 1.807) is 36.5 Å². The predicted octanol–water partition coefficient (Wildman–Crippen LogP) is 10.6. The van der Waals surface area contributed by atoms with Crippen molar-refractivity contribution >= 4 is 86.7 Å². The molecule has 2 atom stereocenters. The van der Waals surface area contributed by atoms with E-state index in [0.29, 0.717) is 50.5 Å². The first-order chi connectivity index (χ1) is 33.2. The molecule has 0 fully saturated rings. The van der Waals surface area contributed by atoms with Crippen LogP contribution in [-0.4, -0.2) is 98.1 Å². The number of pyridine rings is 2. The van der Waals surface area contributed by atoms with Crippen LogP contribution < -0.4 is 25.4 Å². The molecule has 0 bridgehead atoms. The molecule has 2 aliphatic heterocycles. The number of carbonyl (C=O) groups is 2. The predicted molar refractivity (Wildman–Crippen MR) is 265 cm³/mol. The Bertz CT molecular complexity index is 2730. The molecular formula is C47H48Cl4F3N7O10Y. The van der Waals surface area contributed by atoms with Crippen LogP contribution in [0.25, 0.3) is 11.1 Å². The number of aliphatic hydroxyl groups excluding tert-OH is 4. The smallest absolute Gasteiger partial charge is 0.410 e. The Labute approximate surface area is 457 Å². The van der Waals surface area contributed by atoms with Gasteiger partial charge in [-0.15, -0.1) is 13.2 Å². The number of aromatic nitrogens is 2. The number of urea groups is 1. The van der Waals surface area contributed by atoms with Crippen molar-refractivity contribution in [3.8, 4) is 11.5 Å². The average Bonchev–Trinajstić information content (AvgIpc) is 3.33. The third kappa shape index (κ3) is 18.5. The zero-order chi connectivity index (χ0) is 51.1. The van der Waals surface area contributed by atoms with E-state index in [4.69, 9.17) is 61.4 Å². The number of aliphatic hydroxyl groups is 4. The fraction of sp³-hybridized carbons (Fsp3) is 0.277. The number of rotatable bonds is 11. The Hall–Kier alpha value is -4.97. The molecule has 2 aliphatic rings. The summed E-state index contributed by atoms with van der Waals surface area (Å²) in [5, 5.41) is 56.9. The minimum absolute atomic E-state index is 0. The number of anilines is 2. The zero-order valence-corrected chi connectivity index (χ0v) is 43.2. The van der Waals surface area contributed by atoms with Crippen molar-refractivity contribution in [2.45, 2.75) is 45.8 Å². The molecule has 1 radical (unpaired) electrons. The van der Waals surface area contributed by atoms with Crippen LogP contribution in [0.5, 0.6) is 11.5 Å². The quantitative estimate of drug-likeness (QED) is 0.0482. The van der Waals surface area contributed by atoms with Gasteiger partial charge in [-0.3, -0.25) is 25.4 Å². The minimum Gasteiger partial charge on any atom is -0.410 e. The van der Waals surface area contributed by atoms with Gasteiger partial charge in [-0.1, -0.05) is 72.0 Å². The summed E-state index contributed by atoms with van der Waals surface area (Å²) in [7, 11) is 0. The normalized spacial score (nSPS) is 13.9. The zero-order valence-electron chi connectivity index (χ0n) is 37.3. The Kier molecular flexibility index (Phi) is 24.8. The Morgan fingerprint density at radius 2 is 1.38 bits per heavy atom. The van der Waals surface area contributed by atoms with Crippen LogP contribution in [0, 0.1) is 17.0 Å². The van der Waals surface area contributed by atoms with Crippen molar-refractivity contribution in [1.29, 1.82) is 0 Å². The third-order valence-corrected chi connectivity index (χ3v) is 11.4. The summed E-state index contributed by atoms with van der Waals surface area (Å²) in [6.45, 7) is 3.42. The first-order valence-electron chi connectivity index (χ1n) is 20.8. The number of amides is 3. The number of aryl methyl sites for hydroxylation is 1. The first kappa shape index (κ1) is 61.3. The van der Waals surface area contributed by atoms with Crippen molar-refractivity contribution < 1.29 is 90.3 Å². The Morgan fingerprint density at radius 3 is 1.85 bits per heavy atom. The molecule has 3 aromatic carbocycles. The molecule has 7 rings (SSSR count). The van der Waals surface area contributed by atoms with Gasteiger partial charge in [0.25, 0.3) is 5.69 Å². The molecule has 5 aromatic rings. The molecule has 7 N–H and O–H groups in total. The molecule has 4 heterocycles. The number of nitro groups is 1. The first-order valence-corrected chi connectivity index (χ1v) is 22.3. The largest absolute Gasteiger partial charge is 0.573 e.